The summed E-state index contributed by atoms with van der Waals surface area (Å²) < 4.78 is 26.6. The van der Waals surface area contributed by atoms with E-state index in [-0.39, 0.29) is 0 Å². The molecule has 5 heteroatoms. The minimum absolute atomic E-state index is 0.684. The van der Waals surface area contributed by atoms with Gasteiger partial charge in [-0.2, -0.15) is 0 Å². The summed E-state index contributed by atoms with van der Waals surface area (Å²) in [6.45, 7) is 8.01. The van der Waals surface area contributed by atoms with Crippen LogP contribution in [0.3, 0.4) is 0 Å². The molecular formula is C28H28O4Zr. The molecule has 0 fully saturated rings. The van der Waals surface area contributed by atoms with E-state index < -0.39 is 22.0 Å². The third kappa shape index (κ3) is 5.67. The first-order valence-electron chi connectivity index (χ1n) is 10.9. The molecule has 4 aromatic carbocycles. The van der Waals surface area contributed by atoms with Crippen LogP contribution in [0.2, 0.25) is 0 Å². The minimum atomic E-state index is -4.89. The van der Waals surface area contributed by atoms with Crippen molar-refractivity contribution in [1.29, 1.82) is 0 Å². The Kier molecular flexibility index (Phi) is 7.20. The molecule has 0 bridgehead atoms. The molecule has 0 aliphatic heterocycles. The normalized spacial score (nSPS) is 11.0. The summed E-state index contributed by atoms with van der Waals surface area (Å²) in [4.78, 5) is 0. The van der Waals surface area contributed by atoms with Crippen molar-refractivity contribution in [3.8, 4) is 23.0 Å². The SMILES string of the molecule is Cc1ccccc1[O][Zr]([O]c1ccccc1C)([O]c1ccccc1C)[O]c1ccccc1C. The quantitative estimate of drug-likeness (QED) is 0.244. The average Bonchev–Trinajstić information content (AvgIpc) is 2.80. The molecule has 0 saturated heterocycles. The van der Waals surface area contributed by atoms with E-state index in [4.69, 9.17) is 11.3 Å². The van der Waals surface area contributed by atoms with E-state index in [1.165, 1.54) is 0 Å². The summed E-state index contributed by atoms with van der Waals surface area (Å²) in [5.74, 6) is 2.74. The fourth-order valence-electron chi connectivity index (χ4n) is 3.35. The van der Waals surface area contributed by atoms with Crippen LogP contribution in [0.4, 0.5) is 0 Å². The van der Waals surface area contributed by atoms with E-state index in [9.17, 15) is 0 Å². The molecular weight excluding hydrogens is 492 g/mol. The summed E-state index contributed by atoms with van der Waals surface area (Å²) >= 11 is -4.89. The summed E-state index contributed by atoms with van der Waals surface area (Å²) in [6.07, 6.45) is 0. The summed E-state index contributed by atoms with van der Waals surface area (Å²) in [7, 11) is 0. The van der Waals surface area contributed by atoms with Crippen LogP contribution in [-0.2, 0) is 22.0 Å². The number of aryl methyl sites for hydroxylation is 4. The van der Waals surface area contributed by atoms with Gasteiger partial charge in [-0.25, -0.2) is 0 Å². The van der Waals surface area contributed by atoms with E-state index in [1.807, 2.05) is 125 Å². The predicted molar refractivity (Wildman–Crippen MR) is 127 cm³/mol. The second kappa shape index (κ2) is 10.3. The predicted octanol–water partition coefficient (Wildman–Crippen LogP) is 7.35. The van der Waals surface area contributed by atoms with Gasteiger partial charge in [0.15, 0.2) is 0 Å². The summed E-state index contributed by atoms with van der Waals surface area (Å²) in [5.41, 5.74) is 3.92. The Bertz CT molecular complexity index is 1040. The molecule has 0 aromatic heterocycles. The van der Waals surface area contributed by atoms with Crippen LogP contribution in [0.15, 0.2) is 97.1 Å². The van der Waals surface area contributed by atoms with E-state index in [2.05, 4.69) is 0 Å². The molecule has 4 aromatic rings. The van der Waals surface area contributed by atoms with Gasteiger partial charge in [0.1, 0.15) is 0 Å². The summed E-state index contributed by atoms with van der Waals surface area (Å²) in [5, 5.41) is 0. The maximum atomic E-state index is 6.65. The van der Waals surface area contributed by atoms with Crippen molar-refractivity contribution >= 4 is 0 Å². The van der Waals surface area contributed by atoms with Crippen LogP contribution in [0, 0.1) is 27.7 Å². The Morgan fingerprint density at radius 2 is 0.576 bits per heavy atom. The van der Waals surface area contributed by atoms with Gasteiger partial charge >= 0.3 is 203 Å². The van der Waals surface area contributed by atoms with Gasteiger partial charge in [-0.15, -0.1) is 0 Å². The number of hydrogen-bond acceptors (Lipinski definition) is 4. The van der Waals surface area contributed by atoms with Crippen molar-refractivity contribution in [3.05, 3.63) is 119 Å². The Hall–Kier alpha value is -3.04. The van der Waals surface area contributed by atoms with Crippen molar-refractivity contribution in [3.63, 3.8) is 0 Å². The van der Waals surface area contributed by atoms with Gasteiger partial charge in [-0.1, -0.05) is 0 Å². The van der Waals surface area contributed by atoms with Crippen molar-refractivity contribution in [1.82, 2.24) is 0 Å². The van der Waals surface area contributed by atoms with Gasteiger partial charge in [-0.05, 0) is 0 Å². The zero-order valence-corrected chi connectivity index (χ0v) is 21.8. The number of para-hydroxylation sites is 4. The van der Waals surface area contributed by atoms with Crippen molar-refractivity contribution in [2.24, 2.45) is 0 Å². The Morgan fingerprint density at radius 1 is 0.364 bits per heavy atom. The fourth-order valence-corrected chi connectivity index (χ4v) is 8.86. The van der Waals surface area contributed by atoms with Gasteiger partial charge in [0.25, 0.3) is 0 Å². The first-order valence-corrected chi connectivity index (χ1v) is 15.0. The van der Waals surface area contributed by atoms with Gasteiger partial charge in [0.2, 0.25) is 0 Å². The molecule has 0 N–H and O–H groups in total. The van der Waals surface area contributed by atoms with Crippen LogP contribution in [0.25, 0.3) is 0 Å². The number of benzene rings is 4. The molecule has 4 rings (SSSR count). The van der Waals surface area contributed by atoms with Crippen LogP contribution >= 0.6 is 0 Å². The zero-order valence-electron chi connectivity index (χ0n) is 19.4. The maximum absolute atomic E-state index is 6.65. The van der Waals surface area contributed by atoms with Gasteiger partial charge < -0.3 is 0 Å². The molecule has 0 saturated carbocycles. The number of hydrogen-bond donors (Lipinski definition) is 0. The third-order valence-electron chi connectivity index (χ3n) is 5.31. The Balaban J connectivity index is 1.86. The van der Waals surface area contributed by atoms with Gasteiger partial charge in [0.05, 0.1) is 0 Å². The molecule has 33 heavy (non-hydrogen) atoms. The van der Waals surface area contributed by atoms with Crippen molar-refractivity contribution in [2.45, 2.75) is 27.7 Å². The fraction of sp³-hybridized carbons (Fsp3) is 0.143. The van der Waals surface area contributed by atoms with Crippen LogP contribution in [0.1, 0.15) is 22.3 Å². The molecule has 0 radical (unpaired) electrons. The second-order valence-corrected chi connectivity index (χ2v) is 12.4. The van der Waals surface area contributed by atoms with Crippen molar-refractivity contribution < 1.29 is 33.3 Å². The molecule has 0 atom stereocenters. The third-order valence-corrected chi connectivity index (χ3v) is 9.93. The molecule has 0 aliphatic rings. The molecule has 168 valence electrons. The first kappa shape index (κ1) is 23.1. The second-order valence-electron chi connectivity index (χ2n) is 7.97. The Labute approximate surface area is 202 Å². The van der Waals surface area contributed by atoms with Gasteiger partial charge in [-0.3, -0.25) is 0 Å². The number of rotatable bonds is 8. The molecule has 0 amide bonds. The van der Waals surface area contributed by atoms with E-state index in [1.54, 1.807) is 0 Å². The van der Waals surface area contributed by atoms with Crippen LogP contribution < -0.4 is 11.3 Å². The monoisotopic (exact) mass is 518 g/mol. The van der Waals surface area contributed by atoms with E-state index >= 15 is 0 Å². The summed E-state index contributed by atoms with van der Waals surface area (Å²) in [6, 6.07) is 31.4. The molecule has 0 heterocycles. The van der Waals surface area contributed by atoms with Gasteiger partial charge in [0, 0.05) is 0 Å². The van der Waals surface area contributed by atoms with Crippen LogP contribution in [0.5, 0.6) is 23.0 Å². The van der Waals surface area contributed by atoms with Crippen molar-refractivity contribution in [2.75, 3.05) is 0 Å². The standard InChI is InChI=1S/4C7H8O.Zr/c4*1-6-4-2-3-5-7(6)8;/h4*2-5,8H,1H3;/q;;;;+4/p-4. The van der Waals surface area contributed by atoms with Crippen LogP contribution in [-0.4, -0.2) is 0 Å². The first-order chi connectivity index (χ1) is 16.0. The molecule has 0 aliphatic carbocycles. The topological polar surface area (TPSA) is 36.9 Å². The Morgan fingerprint density at radius 3 is 0.788 bits per heavy atom. The molecule has 0 unspecified atom stereocenters. The van der Waals surface area contributed by atoms with E-state index in [0.29, 0.717) is 23.0 Å². The molecule has 0 spiro atoms. The zero-order chi connectivity index (χ0) is 23.3. The van der Waals surface area contributed by atoms with E-state index in [0.717, 1.165) is 22.3 Å². The molecule has 4 nitrogen and oxygen atoms in total. The average molecular weight is 520 g/mol.